The molecule has 2 nitrogen and oxygen atoms in total. The Balaban J connectivity index is 2.87. The van der Waals surface area contributed by atoms with Gasteiger partial charge in [-0.3, -0.25) is 0 Å². The highest BCUT2D eigenvalue weighted by molar-refractivity contribution is 7.17. The van der Waals surface area contributed by atoms with E-state index in [1.165, 1.54) is 17.4 Å². The van der Waals surface area contributed by atoms with E-state index < -0.39 is 0 Å². The van der Waals surface area contributed by atoms with Crippen LogP contribution in [0, 0.1) is 5.82 Å². The molecule has 0 aliphatic heterocycles. The maximum Gasteiger partial charge on any atom is 0.163 e. The van der Waals surface area contributed by atoms with Crippen LogP contribution in [0.15, 0.2) is 17.5 Å². The second-order valence-corrected chi connectivity index (χ2v) is 3.68. The molecule has 1 aromatic carbocycles. The molecule has 0 radical (unpaired) electrons. The Kier molecular flexibility index (Phi) is 1.94. The molecule has 3 N–H and O–H groups in total. The average molecular weight is 197 g/mol. The summed E-state index contributed by atoms with van der Waals surface area (Å²) in [7, 11) is 0. The van der Waals surface area contributed by atoms with Crippen LogP contribution in [0.25, 0.3) is 10.1 Å². The van der Waals surface area contributed by atoms with Gasteiger partial charge in [0.15, 0.2) is 5.82 Å². The number of rotatable bonds is 1. The highest BCUT2D eigenvalue weighted by Crippen LogP contribution is 2.30. The van der Waals surface area contributed by atoms with Crippen LogP contribution in [0.4, 0.5) is 10.1 Å². The normalized spacial score (nSPS) is 10.9. The largest absolute Gasteiger partial charge is 0.396 e. The maximum atomic E-state index is 13.4. The minimum absolute atomic E-state index is 0.0963. The standard InChI is InChI=1S/C9H8FNOS/c10-8-7(11)3-5(4-12)6-1-2-13-9(6)8/h1-3,12H,4,11H2. The van der Waals surface area contributed by atoms with Crippen molar-refractivity contribution in [3.8, 4) is 0 Å². The van der Waals surface area contributed by atoms with Crippen molar-refractivity contribution in [2.24, 2.45) is 0 Å². The van der Waals surface area contributed by atoms with E-state index >= 15 is 0 Å². The van der Waals surface area contributed by atoms with E-state index in [1.54, 1.807) is 11.4 Å². The predicted octanol–water partition coefficient (Wildman–Crippen LogP) is 2.11. The molecule has 0 fully saturated rings. The third kappa shape index (κ3) is 1.18. The zero-order chi connectivity index (χ0) is 9.42. The molecule has 0 bridgehead atoms. The van der Waals surface area contributed by atoms with E-state index in [0.29, 0.717) is 10.3 Å². The fourth-order valence-electron chi connectivity index (χ4n) is 1.32. The fourth-order valence-corrected chi connectivity index (χ4v) is 2.21. The van der Waals surface area contributed by atoms with E-state index in [-0.39, 0.29) is 18.1 Å². The first-order valence-corrected chi connectivity index (χ1v) is 4.67. The number of aliphatic hydroxyl groups excluding tert-OH is 1. The Morgan fingerprint density at radius 2 is 2.31 bits per heavy atom. The van der Waals surface area contributed by atoms with Crippen molar-refractivity contribution in [2.45, 2.75) is 6.61 Å². The first kappa shape index (κ1) is 8.47. The van der Waals surface area contributed by atoms with Gasteiger partial charge in [-0.2, -0.15) is 0 Å². The lowest BCUT2D eigenvalue weighted by Gasteiger charge is -2.02. The number of nitrogen functional groups attached to an aromatic ring is 1. The average Bonchev–Trinajstić information content (AvgIpc) is 2.60. The molecular formula is C9H8FNOS. The molecule has 2 aromatic rings. The summed E-state index contributed by atoms with van der Waals surface area (Å²) in [6, 6.07) is 3.26. The molecule has 13 heavy (non-hydrogen) atoms. The summed E-state index contributed by atoms with van der Waals surface area (Å²) in [6.07, 6.45) is 0. The summed E-state index contributed by atoms with van der Waals surface area (Å²) in [4.78, 5) is 0. The van der Waals surface area contributed by atoms with Crippen LogP contribution in [0.3, 0.4) is 0 Å². The van der Waals surface area contributed by atoms with E-state index in [1.807, 2.05) is 0 Å². The van der Waals surface area contributed by atoms with Crippen molar-refractivity contribution in [1.82, 2.24) is 0 Å². The molecule has 1 aromatic heterocycles. The number of halogens is 1. The lowest BCUT2D eigenvalue weighted by atomic mass is 10.1. The van der Waals surface area contributed by atoms with E-state index in [0.717, 1.165) is 5.39 Å². The lowest BCUT2D eigenvalue weighted by molar-refractivity contribution is 0.283. The van der Waals surface area contributed by atoms with Gasteiger partial charge in [-0.1, -0.05) is 0 Å². The van der Waals surface area contributed by atoms with Gasteiger partial charge in [0.05, 0.1) is 17.0 Å². The molecule has 0 spiro atoms. The van der Waals surface area contributed by atoms with Gasteiger partial charge in [0.2, 0.25) is 0 Å². The van der Waals surface area contributed by atoms with Crippen LogP contribution in [0.1, 0.15) is 5.56 Å². The number of aliphatic hydroxyl groups is 1. The van der Waals surface area contributed by atoms with Crippen molar-refractivity contribution >= 4 is 27.1 Å². The Morgan fingerprint density at radius 3 is 3.00 bits per heavy atom. The number of hydrogen-bond donors (Lipinski definition) is 2. The molecule has 2 rings (SSSR count). The highest BCUT2D eigenvalue weighted by Gasteiger charge is 2.10. The van der Waals surface area contributed by atoms with Crippen molar-refractivity contribution in [1.29, 1.82) is 0 Å². The van der Waals surface area contributed by atoms with Gasteiger partial charge in [0, 0.05) is 5.39 Å². The van der Waals surface area contributed by atoms with Crippen LogP contribution >= 0.6 is 11.3 Å². The first-order valence-electron chi connectivity index (χ1n) is 3.79. The number of benzene rings is 1. The topological polar surface area (TPSA) is 46.2 Å². The minimum atomic E-state index is -0.387. The monoisotopic (exact) mass is 197 g/mol. The summed E-state index contributed by atoms with van der Waals surface area (Å²) < 4.78 is 13.9. The Bertz CT molecular complexity index is 452. The van der Waals surface area contributed by atoms with Gasteiger partial charge in [-0.15, -0.1) is 11.3 Å². The summed E-state index contributed by atoms with van der Waals surface area (Å²) >= 11 is 1.29. The molecule has 0 amide bonds. The van der Waals surface area contributed by atoms with Gasteiger partial charge in [-0.25, -0.2) is 4.39 Å². The van der Waals surface area contributed by atoms with Crippen molar-refractivity contribution in [2.75, 3.05) is 5.73 Å². The third-order valence-corrected chi connectivity index (χ3v) is 2.87. The molecular weight excluding hydrogens is 189 g/mol. The summed E-state index contributed by atoms with van der Waals surface area (Å²) in [5.41, 5.74) is 6.21. The van der Waals surface area contributed by atoms with E-state index in [2.05, 4.69) is 0 Å². The quantitative estimate of drug-likeness (QED) is 0.688. The zero-order valence-corrected chi connectivity index (χ0v) is 7.57. The van der Waals surface area contributed by atoms with Crippen LogP contribution in [-0.4, -0.2) is 5.11 Å². The van der Waals surface area contributed by atoms with Crippen LogP contribution in [0.2, 0.25) is 0 Å². The minimum Gasteiger partial charge on any atom is -0.396 e. The second kappa shape index (κ2) is 2.97. The van der Waals surface area contributed by atoms with Crippen molar-refractivity contribution < 1.29 is 9.50 Å². The molecule has 0 atom stereocenters. The van der Waals surface area contributed by atoms with E-state index in [4.69, 9.17) is 10.8 Å². The molecule has 68 valence electrons. The molecule has 0 saturated heterocycles. The molecule has 0 aliphatic carbocycles. The predicted molar refractivity (Wildman–Crippen MR) is 52.1 cm³/mol. The lowest BCUT2D eigenvalue weighted by Crippen LogP contribution is -1.94. The number of thiophene rings is 1. The van der Waals surface area contributed by atoms with Crippen LogP contribution in [0.5, 0.6) is 0 Å². The molecule has 0 saturated carbocycles. The smallest absolute Gasteiger partial charge is 0.163 e. The van der Waals surface area contributed by atoms with Crippen molar-refractivity contribution in [3.05, 3.63) is 28.9 Å². The summed E-state index contributed by atoms with van der Waals surface area (Å²) in [5, 5.41) is 11.5. The Morgan fingerprint density at radius 1 is 1.54 bits per heavy atom. The third-order valence-electron chi connectivity index (χ3n) is 1.96. The SMILES string of the molecule is Nc1cc(CO)c2ccsc2c1F. The number of anilines is 1. The second-order valence-electron chi connectivity index (χ2n) is 2.76. The number of hydrogen-bond acceptors (Lipinski definition) is 3. The van der Waals surface area contributed by atoms with Crippen LogP contribution < -0.4 is 5.73 Å². The number of nitrogens with two attached hydrogens (primary N) is 1. The van der Waals surface area contributed by atoms with Crippen LogP contribution in [-0.2, 0) is 6.61 Å². The van der Waals surface area contributed by atoms with Gasteiger partial charge in [0.25, 0.3) is 0 Å². The molecule has 4 heteroatoms. The Labute approximate surface area is 78.4 Å². The van der Waals surface area contributed by atoms with Gasteiger partial charge >= 0.3 is 0 Å². The van der Waals surface area contributed by atoms with Gasteiger partial charge in [-0.05, 0) is 23.1 Å². The van der Waals surface area contributed by atoms with Crippen molar-refractivity contribution in [3.63, 3.8) is 0 Å². The Hall–Kier alpha value is -1.13. The van der Waals surface area contributed by atoms with E-state index in [9.17, 15) is 4.39 Å². The van der Waals surface area contributed by atoms with Gasteiger partial charge in [0.1, 0.15) is 0 Å². The first-order chi connectivity index (χ1) is 6.24. The zero-order valence-electron chi connectivity index (χ0n) is 6.75. The molecule has 0 aliphatic rings. The summed E-state index contributed by atoms with van der Waals surface area (Å²) in [5.74, 6) is -0.387. The fraction of sp³-hybridized carbons (Fsp3) is 0.111. The van der Waals surface area contributed by atoms with Gasteiger partial charge < -0.3 is 10.8 Å². The maximum absolute atomic E-state index is 13.4. The highest BCUT2D eigenvalue weighted by atomic mass is 32.1. The molecule has 1 heterocycles. The number of fused-ring (bicyclic) bond motifs is 1. The summed E-state index contributed by atoms with van der Waals surface area (Å²) in [6.45, 7) is -0.113. The molecule has 0 unspecified atom stereocenters.